The minimum absolute atomic E-state index is 0.0913. The summed E-state index contributed by atoms with van der Waals surface area (Å²) >= 11 is 0. The van der Waals surface area contributed by atoms with E-state index in [2.05, 4.69) is 5.32 Å². The van der Waals surface area contributed by atoms with Gasteiger partial charge in [-0.05, 0) is 37.0 Å². The molecule has 0 aliphatic heterocycles. The van der Waals surface area contributed by atoms with Crippen molar-refractivity contribution in [1.82, 2.24) is 0 Å². The van der Waals surface area contributed by atoms with Crippen LogP contribution in [0.1, 0.15) is 18.4 Å². The van der Waals surface area contributed by atoms with E-state index in [0.29, 0.717) is 24.9 Å². The molecule has 1 aromatic rings. The number of aliphatic hydroxyl groups excluding tert-OH is 1. The van der Waals surface area contributed by atoms with Crippen molar-refractivity contribution in [2.45, 2.75) is 19.3 Å². The lowest BCUT2D eigenvalue weighted by molar-refractivity contribution is -0.151. The van der Waals surface area contributed by atoms with Gasteiger partial charge in [0.2, 0.25) is 5.91 Å². The molecule has 5 nitrogen and oxygen atoms in total. The predicted molar refractivity (Wildman–Crippen MR) is 69.7 cm³/mol. The fraction of sp³-hybridized carbons (Fsp3) is 0.429. The maximum absolute atomic E-state index is 11.9. The molecule has 0 aromatic heterocycles. The van der Waals surface area contributed by atoms with Crippen LogP contribution in [0.5, 0.6) is 0 Å². The molecule has 19 heavy (non-hydrogen) atoms. The Hall–Kier alpha value is -1.88. The number of hydrogen-bond donors (Lipinski definition) is 3. The third kappa shape index (κ3) is 3.12. The largest absolute Gasteiger partial charge is 0.481 e. The van der Waals surface area contributed by atoms with Gasteiger partial charge in [-0.3, -0.25) is 9.59 Å². The lowest BCUT2D eigenvalue weighted by atomic mass is 9.73. The first kappa shape index (κ1) is 13.5. The van der Waals surface area contributed by atoms with Gasteiger partial charge in [0, 0.05) is 12.3 Å². The molecule has 102 valence electrons. The average Bonchev–Trinajstić information content (AvgIpc) is 2.29. The van der Waals surface area contributed by atoms with Crippen molar-refractivity contribution in [3.05, 3.63) is 29.8 Å². The first-order valence-corrected chi connectivity index (χ1v) is 6.35. The minimum Gasteiger partial charge on any atom is -0.481 e. The zero-order valence-corrected chi connectivity index (χ0v) is 10.5. The number of carboxylic acids is 1. The molecule has 1 aromatic carbocycles. The molecule has 0 saturated heterocycles. The summed E-state index contributed by atoms with van der Waals surface area (Å²) in [6, 6.07) is 7.19. The normalized spacial score (nSPS) is 21.5. The Morgan fingerprint density at radius 2 is 1.79 bits per heavy atom. The second-order valence-corrected chi connectivity index (χ2v) is 4.79. The lowest BCUT2D eigenvalue weighted by Gasteiger charge is -2.31. The summed E-state index contributed by atoms with van der Waals surface area (Å²) in [5.74, 6) is -2.10. The van der Waals surface area contributed by atoms with Crippen molar-refractivity contribution in [2.75, 3.05) is 11.9 Å². The molecular weight excluding hydrogens is 246 g/mol. The molecule has 5 heteroatoms. The van der Waals surface area contributed by atoms with Crippen LogP contribution in [0, 0.1) is 11.8 Å². The molecule has 3 N–H and O–H groups in total. The van der Waals surface area contributed by atoms with Gasteiger partial charge in [-0.2, -0.15) is 0 Å². The molecule has 2 atom stereocenters. The molecule has 1 aliphatic carbocycles. The Labute approximate surface area is 111 Å². The second kappa shape index (κ2) is 5.84. The van der Waals surface area contributed by atoms with Crippen molar-refractivity contribution in [1.29, 1.82) is 0 Å². The van der Waals surface area contributed by atoms with E-state index in [1.54, 1.807) is 12.1 Å². The molecule has 0 bridgehead atoms. The maximum atomic E-state index is 11.9. The van der Waals surface area contributed by atoms with Crippen LogP contribution < -0.4 is 5.32 Å². The Morgan fingerprint density at radius 1 is 1.16 bits per heavy atom. The smallest absolute Gasteiger partial charge is 0.307 e. The van der Waals surface area contributed by atoms with Crippen molar-refractivity contribution in [3.8, 4) is 0 Å². The first-order valence-electron chi connectivity index (χ1n) is 6.35. The zero-order chi connectivity index (χ0) is 13.8. The summed E-state index contributed by atoms with van der Waals surface area (Å²) in [5, 5.41) is 20.4. The Morgan fingerprint density at radius 3 is 2.26 bits per heavy atom. The van der Waals surface area contributed by atoms with E-state index < -0.39 is 17.8 Å². The van der Waals surface area contributed by atoms with Crippen molar-refractivity contribution in [2.24, 2.45) is 11.8 Å². The van der Waals surface area contributed by atoms with Gasteiger partial charge in [-0.25, -0.2) is 0 Å². The van der Waals surface area contributed by atoms with E-state index in [0.717, 1.165) is 5.56 Å². The maximum Gasteiger partial charge on any atom is 0.307 e. The second-order valence-electron chi connectivity index (χ2n) is 4.79. The van der Waals surface area contributed by atoms with Gasteiger partial charge in [-0.1, -0.05) is 12.1 Å². The number of benzene rings is 1. The molecule has 0 radical (unpaired) electrons. The van der Waals surface area contributed by atoms with Gasteiger partial charge in [-0.15, -0.1) is 0 Å². The van der Waals surface area contributed by atoms with E-state index in [9.17, 15) is 9.59 Å². The zero-order valence-electron chi connectivity index (χ0n) is 10.5. The van der Waals surface area contributed by atoms with Crippen molar-refractivity contribution in [3.63, 3.8) is 0 Å². The number of carboxylic acid groups (broad SMARTS) is 1. The fourth-order valence-corrected chi connectivity index (χ4v) is 2.23. The first-order chi connectivity index (χ1) is 9.11. The van der Waals surface area contributed by atoms with Crippen LogP contribution in [0.2, 0.25) is 0 Å². The average molecular weight is 263 g/mol. The number of hydrogen-bond acceptors (Lipinski definition) is 3. The number of carbonyl (C=O) groups is 2. The third-order valence-electron chi connectivity index (χ3n) is 3.55. The number of carbonyl (C=O) groups excluding carboxylic acids is 1. The lowest BCUT2D eigenvalue weighted by Crippen LogP contribution is -2.41. The predicted octanol–water partition coefficient (Wildman–Crippen LogP) is 1.27. The van der Waals surface area contributed by atoms with Gasteiger partial charge in [0.1, 0.15) is 0 Å². The molecule has 1 saturated carbocycles. The quantitative estimate of drug-likeness (QED) is 0.746. The van der Waals surface area contributed by atoms with Gasteiger partial charge in [0.05, 0.1) is 11.8 Å². The molecule has 2 unspecified atom stereocenters. The number of amides is 1. The standard InChI is InChI=1S/C14H17NO4/c16-8-7-9-1-3-10(4-2-9)15-13(17)11-5-6-12(11)14(18)19/h1-4,11-12,16H,5-8H2,(H,15,17)(H,18,19). The molecule has 1 fully saturated rings. The topological polar surface area (TPSA) is 86.6 Å². The van der Waals surface area contributed by atoms with Gasteiger partial charge >= 0.3 is 5.97 Å². The number of aliphatic carboxylic acids is 1. The molecule has 1 amide bonds. The fourth-order valence-electron chi connectivity index (χ4n) is 2.23. The Balaban J connectivity index is 1.93. The summed E-state index contributed by atoms with van der Waals surface area (Å²) < 4.78 is 0. The van der Waals surface area contributed by atoms with Crippen LogP contribution in [0.25, 0.3) is 0 Å². The summed E-state index contributed by atoms with van der Waals surface area (Å²) in [6.07, 6.45) is 1.78. The molecular formula is C14H17NO4. The van der Waals surface area contributed by atoms with E-state index in [1.165, 1.54) is 0 Å². The third-order valence-corrected chi connectivity index (χ3v) is 3.55. The van der Waals surface area contributed by atoms with Crippen molar-refractivity contribution >= 4 is 17.6 Å². The van der Waals surface area contributed by atoms with Crippen molar-refractivity contribution < 1.29 is 19.8 Å². The van der Waals surface area contributed by atoms with Crippen LogP contribution in [0.15, 0.2) is 24.3 Å². The summed E-state index contributed by atoms with van der Waals surface area (Å²) in [5.41, 5.74) is 1.65. The minimum atomic E-state index is -0.898. The molecule has 0 spiro atoms. The van der Waals surface area contributed by atoms with Gasteiger partial charge < -0.3 is 15.5 Å². The number of nitrogens with one attached hydrogen (secondary N) is 1. The highest BCUT2D eigenvalue weighted by Crippen LogP contribution is 2.35. The highest BCUT2D eigenvalue weighted by Gasteiger charge is 2.41. The van der Waals surface area contributed by atoms with Crippen LogP contribution in [0.4, 0.5) is 5.69 Å². The van der Waals surface area contributed by atoms with Crippen LogP contribution >= 0.6 is 0 Å². The highest BCUT2D eigenvalue weighted by molar-refractivity contribution is 5.96. The highest BCUT2D eigenvalue weighted by atomic mass is 16.4. The monoisotopic (exact) mass is 263 g/mol. The Bertz CT molecular complexity index is 469. The van der Waals surface area contributed by atoms with Crippen LogP contribution in [-0.4, -0.2) is 28.7 Å². The number of aliphatic hydroxyl groups is 1. The molecule has 2 rings (SSSR count). The van der Waals surface area contributed by atoms with Crippen LogP contribution in [-0.2, 0) is 16.0 Å². The van der Waals surface area contributed by atoms with E-state index in [4.69, 9.17) is 10.2 Å². The number of rotatable bonds is 5. The molecule has 0 heterocycles. The Kier molecular flexibility index (Phi) is 4.16. The number of anilines is 1. The van der Waals surface area contributed by atoms with Crippen LogP contribution in [0.3, 0.4) is 0 Å². The molecule has 1 aliphatic rings. The van der Waals surface area contributed by atoms with Gasteiger partial charge in [0.15, 0.2) is 0 Å². The van der Waals surface area contributed by atoms with E-state index in [-0.39, 0.29) is 12.5 Å². The summed E-state index contributed by atoms with van der Waals surface area (Å²) in [4.78, 5) is 22.8. The summed E-state index contributed by atoms with van der Waals surface area (Å²) in [6.45, 7) is 0.0913. The summed E-state index contributed by atoms with van der Waals surface area (Å²) in [7, 11) is 0. The SMILES string of the molecule is O=C(O)C1CCC1C(=O)Nc1ccc(CCO)cc1. The van der Waals surface area contributed by atoms with E-state index in [1.807, 2.05) is 12.1 Å². The van der Waals surface area contributed by atoms with Gasteiger partial charge in [0.25, 0.3) is 0 Å². The van der Waals surface area contributed by atoms with E-state index >= 15 is 0 Å².